The molecule has 0 aliphatic carbocycles. The summed E-state index contributed by atoms with van der Waals surface area (Å²) in [5.41, 5.74) is 2.16. The van der Waals surface area contributed by atoms with Gasteiger partial charge in [0.25, 0.3) is 0 Å². The predicted octanol–water partition coefficient (Wildman–Crippen LogP) is 2.94. The van der Waals surface area contributed by atoms with Crippen molar-refractivity contribution in [1.82, 2.24) is 25.1 Å². The average Bonchev–Trinajstić information content (AvgIpc) is 3.25. The molecule has 1 aliphatic heterocycles. The average molecular weight is 378 g/mol. The molecule has 1 fully saturated rings. The molecule has 1 aromatic heterocycles. The Hall–Kier alpha value is -2.93. The molecular formula is C21H26N6O. The van der Waals surface area contributed by atoms with Crippen LogP contribution in [-0.2, 0) is 0 Å². The zero-order chi connectivity index (χ0) is 19.3. The zero-order valence-corrected chi connectivity index (χ0v) is 16.4. The highest BCUT2D eigenvalue weighted by Gasteiger charge is 2.27. The molecule has 0 radical (unpaired) electrons. The maximum absolute atomic E-state index is 5.80. The van der Waals surface area contributed by atoms with E-state index in [4.69, 9.17) is 4.74 Å². The Morgan fingerprint density at radius 3 is 2.43 bits per heavy atom. The minimum Gasteiger partial charge on any atom is -0.492 e. The molecule has 0 unspecified atom stereocenters. The van der Waals surface area contributed by atoms with Crippen molar-refractivity contribution >= 4 is 5.69 Å². The van der Waals surface area contributed by atoms with Crippen LogP contribution in [0.25, 0.3) is 5.69 Å². The summed E-state index contributed by atoms with van der Waals surface area (Å²) in [6, 6.07) is 18.5. The monoisotopic (exact) mass is 378 g/mol. The topological polar surface area (TPSA) is 59.3 Å². The third-order valence-electron chi connectivity index (χ3n) is 5.24. The first-order valence-electron chi connectivity index (χ1n) is 9.82. The lowest BCUT2D eigenvalue weighted by atomic mass is 10.2. The zero-order valence-electron chi connectivity index (χ0n) is 16.4. The molecule has 0 saturated carbocycles. The van der Waals surface area contributed by atoms with Gasteiger partial charge in [0, 0.05) is 26.2 Å². The van der Waals surface area contributed by atoms with E-state index in [2.05, 4.69) is 44.4 Å². The first-order valence-corrected chi connectivity index (χ1v) is 9.82. The van der Waals surface area contributed by atoms with Crippen LogP contribution in [-0.4, -0.2) is 57.9 Å². The highest BCUT2D eigenvalue weighted by molar-refractivity contribution is 5.58. The van der Waals surface area contributed by atoms with Crippen molar-refractivity contribution in [1.29, 1.82) is 0 Å². The largest absolute Gasteiger partial charge is 0.492 e. The first-order chi connectivity index (χ1) is 13.8. The van der Waals surface area contributed by atoms with Crippen molar-refractivity contribution in [2.45, 2.75) is 19.9 Å². The second kappa shape index (κ2) is 8.39. The molecule has 4 rings (SSSR count). The minimum atomic E-state index is 0.138. The third kappa shape index (κ3) is 3.71. The summed E-state index contributed by atoms with van der Waals surface area (Å²) < 4.78 is 7.64. The smallest absolute Gasteiger partial charge is 0.173 e. The summed E-state index contributed by atoms with van der Waals surface area (Å²) in [7, 11) is 0. The van der Waals surface area contributed by atoms with E-state index in [9.17, 15) is 0 Å². The highest BCUT2D eigenvalue weighted by Crippen LogP contribution is 2.30. The molecule has 2 heterocycles. The standard InChI is InChI=1S/C21H26N6O/c1-3-28-20-12-8-7-11-19(20)26-15-13-25(14-16-26)17(2)21-22-23-24-27(21)18-9-5-4-6-10-18/h4-12,17H,3,13-16H2,1-2H3/t17-/m0/s1. The Kier molecular flexibility index (Phi) is 5.53. The number of anilines is 1. The minimum absolute atomic E-state index is 0.138. The van der Waals surface area contributed by atoms with Crippen LogP contribution in [0.4, 0.5) is 5.69 Å². The maximum atomic E-state index is 5.80. The van der Waals surface area contributed by atoms with Gasteiger partial charge in [-0.25, -0.2) is 0 Å². The Morgan fingerprint density at radius 1 is 0.964 bits per heavy atom. The van der Waals surface area contributed by atoms with Gasteiger partial charge in [-0.2, -0.15) is 4.68 Å². The molecule has 0 N–H and O–H groups in total. The fourth-order valence-corrected chi connectivity index (χ4v) is 3.72. The summed E-state index contributed by atoms with van der Waals surface area (Å²) in [5, 5.41) is 12.4. The molecule has 28 heavy (non-hydrogen) atoms. The molecule has 0 amide bonds. The number of hydrogen-bond acceptors (Lipinski definition) is 6. The number of tetrazole rings is 1. The molecule has 2 aromatic carbocycles. The number of rotatable bonds is 6. The second-order valence-corrected chi connectivity index (χ2v) is 6.88. The van der Waals surface area contributed by atoms with Gasteiger partial charge in [-0.05, 0) is 48.5 Å². The van der Waals surface area contributed by atoms with Crippen LogP contribution in [0.2, 0.25) is 0 Å². The van der Waals surface area contributed by atoms with Gasteiger partial charge in [0.05, 0.1) is 24.0 Å². The highest BCUT2D eigenvalue weighted by atomic mass is 16.5. The van der Waals surface area contributed by atoms with E-state index in [-0.39, 0.29) is 6.04 Å². The summed E-state index contributed by atoms with van der Waals surface area (Å²) in [5.74, 6) is 1.83. The molecule has 1 saturated heterocycles. The molecule has 7 nitrogen and oxygen atoms in total. The van der Waals surface area contributed by atoms with Gasteiger partial charge < -0.3 is 9.64 Å². The van der Waals surface area contributed by atoms with Crippen molar-refractivity contribution in [3.63, 3.8) is 0 Å². The number of ether oxygens (including phenoxy) is 1. The van der Waals surface area contributed by atoms with Gasteiger partial charge in [-0.1, -0.05) is 30.3 Å². The van der Waals surface area contributed by atoms with E-state index in [1.807, 2.05) is 54.1 Å². The van der Waals surface area contributed by atoms with Crippen LogP contribution < -0.4 is 9.64 Å². The molecule has 7 heteroatoms. The molecule has 1 aliphatic rings. The lowest BCUT2D eigenvalue weighted by Gasteiger charge is -2.39. The van der Waals surface area contributed by atoms with Crippen molar-refractivity contribution in [3.05, 3.63) is 60.4 Å². The number of aromatic nitrogens is 4. The van der Waals surface area contributed by atoms with E-state index >= 15 is 0 Å². The lowest BCUT2D eigenvalue weighted by molar-refractivity contribution is 0.189. The van der Waals surface area contributed by atoms with Gasteiger partial charge in [-0.15, -0.1) is 5.10 Å². The van der Waals surface area contributed by atoms with E-state index < -0.39 is 0 Å². The fourth-order valence-electron chi connectivity index (χ4n) is 3.72. The molecule has 0 bridgehead atoms. The predicted molar refractivity (Wildman–Crippen MR) is 109 cm³/mol. The molecular weight excluding hydrogens is 352 g/mol. The summed E-state index contributed by atoms with van der Waals surface area (Å²) in [6.45, 7) is 8.66. The lowest BCUT2D eigenvalue weighted by Crippen LogP contribution is -2.47. The first kappa shape index (κ1) is 18.4. The fraction of sp³-hybridized carbons (Fsp3) is 0.381. The molecule has 3 aromatic rings. The number of nitrogens with zero attached hydrogens (tertiary/aromatic N) is 6. The van der Waals surface area contributed by atoms with Crippen molar-refractivity contribution in [2.75, 3.05) is 37.7 Å². The third-order valence-corrected chi connectivity index (χ3v) is 5.24. The van der Waals surface area contributed by atoms with Crippen molar-refractivity contribution < 1.29 is 4.74 Å². The summed E-state index contributed by atoms with van der Waals surface area (Å²) in [4.78, 5) is 4.83. The van der Waals surface area contributed by atoms with Crippen LogP contribution in [0.3, 0.4) is 0 Å². The van der Waals surface area contributed by atoms with E-state index in [1.54, 1.807) is 0 Å². The van der Waals surface area contributed by atoms with Crippen molar-refractivity contribution in [2.24, 2.45) is 0 Å². The van der Waals surface area contributed by atoms with E-state index in [1.165, 1.54) is 5.69 Å². The van der Waals surface area contributed by atoms with Gasteiger partial charge in [0.1, 0.15) is 5.75 Å². The molecule has 1 atom stereocenters. The number of hydrogen-bond donors (Lipinski definition) is 0. The maximum Gasteiger partial charge on any atom is 0.173 e. The second-order valence-electron chi connectivity index (χ2n) is 6.88. The summed E-state index contributed by atoms with van der Waals surface area (Å²) in [6.07, 6.45) is 0. The van der Waals surface area contributed by atoms with Crippen LogP contribution >= 0.6 is 0 Å². The molecule has 0 spiro atoms. The van der Waals surface area contributed by atoms with Crippen LogP contribution in [0.15, 0.2) is 54.6 Å². The number of benzene rings is 2. The summed E-state index contributed by atoms with van der Waals surface area (Å²) >= 11 is 0. The molecule has 146 valence electrons. The number of para-hydroxylation sites is 3. The quantitative estimate of drug-likeness (QED) is 0.657. The number of piperazine rings is 1. The van der Waals surface area contributed by atoms with Gasteiger partial charge in [0.2, 0.25) is 0 Å². The van der Waals surface area contributed by atoms with Gasteiger partial charge in [-0.3, -0.25) is 4.90 Å². The van der Waals surface area contributed by atoms with E-state index in [0.29, 0.717) is 6.61 Å². The van der Waals surface area contributed by atoms with Crippen LogP contribution in [0.5, 0.6) is 5.75 Å². The van der Waals surface area contributed by atoms with Crippen LogP contribution in [0.1, 0.15) is 25.7 Å². The normalized spacial score (nSPS) is 16.1. The Labute approximate surface area is 165 Å². The Bertz CT molecular complexity index is 889. The van der Waals surface area contributed by atoms with Crippen molar-refractivity contribution in [3.8, 4) is 11.4 Å². The van der Waals surface area contributed by atoms with Gasteiger partial charge >= 0.3 is 0 Å². The Morgan fingerprint density at radius 2 is 1.68 bits per heavy atom. The van der Waals surface area contributed by atoms with Crippen LogP contribution in [0, 0.1) is 0 Å². The SMILES string of the molecule is CCOc1ccccc1N1CCN([C@@H](C)c2nnnn2-c2ccccc2)CC1. The van der Waals surface area contributed by atoms with Gasteiger partial charge in [0.15, 0.2) is 5.82 Å². The Balaban J connectivity index is 1.46. The van der Waals surface area contributed by atoms with E-state index in [0.717, 1.165) is 43.4 Å².